The van der Waals surface area contributed by atoms with Crippen LogP contribution in [0.4, 0.5) is 0 Å². The van der Waals surface area contributed by atoms with Crippen molar-refractivity contribution in [2.75, 3.05) is 13.7 Å². The number of nitrogens with one attached hydrogen (secondary N) is 1. The van der Waals surface area contributed by atoms with Gasteiger partial charge in [0.1, 0.15) is 0 Å². The molecule has 0 amide bonds. The summed E-state index contributed by atoms with van der Waals surface area (Å²) < 4.78 is 4.53. The molecule has 3 nitrogen and oxygen atoms in total. The third kappa shape index (κ3) is 2.48. The maximum atomic E-state index is 10.8. The van der Waals surface area contributed by atoms with Crippen molar-refractivity contribution in [3.8, 4) is 0 Å². The van der Waals surface area contributed by atoms with E-state index in [0.29, 0.717) is 12.6 Å². The summed E-state index contributed by atoms with van der Waals surface area (Å²) in [4.78, 5) is 10.8. The van der Waals surface area contributed by atoms with Crippen molar-refractivity contribution in [3.63, 3.8) is 0 Å². The lowest BCUT2D eigenvalue weighted by Gasteiger charge is -2.31. The van der Waals surface area contributed by atoms with Gasteiger partial charge < -0.3 is 10.1 Å². The molecule has 12 heavy (non-hydrogen) atoms. The zero-order valence-corrected chi connectivity index (χ0v) is 7.80. The van der Waals surface area contributed by atoms with Gasteiger partial charge in [-0.05, 0) is 25.7 Å². The van der Waals surface area contributed by atoms with E-state index in [1.807, 2.05) is 0 Å². The third-order valence-corrected chi connectivity index (χ3v) is 2.65. The van der Waals surface area contributed by atoms with Gasteiger partial charge in [-0.2, -0.15) is 0 Å². The number of carbonyl (C=O) groups excluding carboxylic acids is 1. The molecular weight excluding hydrogens is 154 g/mol. The maximum Gasteiger partial charge on any atom is 0.319 e. The molecule has 1 atom stereocenters. The van der Waals surface area contributed by atoms with Crippen LogP contribution < -0.4 is 5.32 Å². The zero-order chi connectivity index (χ0) is 8.97. The summed E-state index contributed by atoms with van der Waals surface area (Å²) in [6.45, 7) is 2.47. The van der Waals surface area contributed by atoms with Crippen LogP contribution in [0.2, 0.25) is 0 Å². The standard InChI is InChI=1S/C9H17NO2/c1-7(8-4-3-5-8)10-6-9(11)12-2/h7-8,10H,3-6H2,1-2H3. The molecule has 3 heteroatoms. The molecule has 1 saturated carbocycles. The predicted octanol–water partition coefficient (Wildman–Crippen LogP) is 0.938. The van der Waals surface area contributed by atoms with Gasteiger partial charge in [-0.1, -0.05) is 6.42 Å². The first-order valence-corrected chi connectivity index (χ1v) is 4.54. The van der Waals surface area contributed by atoms with Gasteiger partial charge in [0.2, 0.25) is 0 Å². The highest BCUT2D eigenvalue weighted by Gasteiger charge is 2.23. The monoisotopic (exact) mass is 171 g/mol. The molecule has 0 heterocycles. The van der Waals surface area contributed by atoms with E-state index in [1.54, 1.807) is 0 Å². The average molecular weight is 171 g/mol. The van der Waals surface area contributed by atoms with Crippen LogP contribution in [0.3, 0.4) is 0 Å². The van der Waals surface area contributed by atoms with E-state index >= 15 is 0 Å². The van der Waals surface area contributed by atoms with Crippen LogP contribution >= 0.6 is 0 Å². The van der Waals surface area contributed by atoms with Crippen LogP contribution in [0, 0.1) is 5.92 Å². The molecule has 0 aromatic heterocycles. The molecule has 0 spiro atoms. The van der Waals surface area contributed by atoms with Gasteiger partial charge in [0.25, 0.3) is 0 Å². The van der Waals surface area contributed by atoms with Crippen LogP contribution in [-0.4, -0.2) is 25.7 Å². The maximum absolute atomic E-state index is 10.8. The summed E-state index contributed by atoms with van der Waals surface area (Å²) in [5.74, 6) is 0.593. The number of esters is 1. The van der Waals surface area contributed by atoms with Gasteiger partial charge in [0, 0.05) is 6.04 Å². The van der Waals surface area contributed by atoms with Crippen LogP contribution in [0.1, 0.15) is 26.2 Å². The van der Waals surface area contributed by atoms with Crippen molar-refractivity contribution >= 4 is 5.97 Å². The fraction of sp³-hybridized carbons (Fsp3) is 0.889. The molecular formula is C9H17NO2. The lowest BCUT2D eigenvalue weighted by molar-refractivity contribution is -0.139. The SMILES string of the molecule is COC(=O)CNC(C)C1CCC1. The highest BCUT2D eigenvalue weighted by Crippen LogP contribution is 2.29. The number of carbonyl (C=O) groups is 1. The largest absolute Gasteiger partial charge is 0.468 e. The second-order valence-corrected chi connectivity index (χ2v) is 3.44. The van der Waals surface area contributed by atoms with Gasteiger partial charge in [-0.25, -0.2) is 0 Å². The van der Waals surface area contributed by atoms with Gasteiger partial charge in [-0.3, -0.25) is 4.79 Å². The Bertz CT molecular complexity index is 155. The Morgan fingerprint density at radius 3 is 2.75 bits per heavy atom. The van der Waals surface area contributed by atoms with E-state index in [-0.39, 0.29) is 5.97 Å². The van der Waals surface area contributed by atoms with Gasteiger partial charge in [0.05, 0.1) is 13.7 Å². The van der Waals surface area contributed by atoms with Crippen LogP contribution in [0.5, 0.6) is 0 Å². The second-order valence-electron chi connectivity index (χ2n) is 3.44. The van der Waals surface area contributed by atoms with Gasteiger partial charge >= 0.3 is 5.97 Å². The quantitative estimate of drug-likeness (QED) is 0.640. The summed E-state index contributed by atoms with van der Waals surface area (Å²) in [5, 5.41) is 3.16. The first kappa shape index (κ1) is 9.52. The number of hydrogen-bond donors (Lipinski definition) is 1. The molecule has 70 valence electrons. The molecule has 1 rings (SSSR count). The first-order valence-electron chi connectivity index (χ1n) is 4.54. The highest BCUT2D eigenvalue weighted by molar-refractivity contribution is 5.71. The van der Waals surface area contributed by atoms with Crippen LogP contribution in [0.25, 0.3) is 0 Å². The van der Waals surface area contributed by atoms with Crippen molar-refractivity contribution in [2.45, 2.75) is 32.2 Å². The molecule has 0 saturated heterocycles. The summed E-state index contributed by atoms with van der Waals surface area (Å²) in [6, 6.07) is 0.456. The molecule has 1 fully saturated rings. The smallest absolute Gasteiger partial charge is 0.319 e. The Labute approximate surface area is 73.5 Å². The van der Waals surface area contributed by atoms with Crippen LogP contribution in [-0.2, 0) is 9.53 Å². The second kappa shape index (κ2) is 4.45. The molecule has 0 aromatic carbocycles. The number of methoxy groups -OCH3 is 1. The molecule has 0 aliphatic heterocycles. The minimum absolute atomic E-state index is 0.179. The Morgan fingerprint density at radius 1 is 1.67 bits per heavy atom. The Morgan fingerprint density at radius 2 is 2.33 bits per heavy atom. The zero-order valence-electron chi connectivity index (χ0n) is 7.80. The molecule has 1 unspecified atom stereocenters. The minimum Gasteiger partial charge on any atom is -0.468 e. The van der Waals surface area contributed by atoms with Crippen molar-refractivity contribution < 1.29 is 9.53 Å². The van der Waals surface area contributed by atoms with Crippen LogP contribution in [0.15, 0.2) is 0 Å². The summed E-state index contributed by atoms with van der Waals surface area (Å²) >= 11 is 0. The van der Waals surface area contributed by atoms with Gasteiger partial charge in [-0.15, -0.1) is 0 Å². The Balaban J connectivity index is 2.09. The molecule has 1 aliphatic carbocycles. The lowest BCUT2D eigenvalue weighted by Crippen LogP contribution is -2.39. The summed E-state index contributed by atoms with van der Waals surface area (Å²) in [5.41, 5.74) is 0. The minimum atomic E-state index is -0.179. The first-order chi connectivity index (χ1) is 5.74. The fourth-order valence-electron chi connectivity index (χ4n) is 1.42. The number of hydrogen-bond acceptors (Lipinski definition) is 3. The molecule has 0 bridgehead atoms. The van der Waals surface area contributed by atoms with Crippen molar-refractivity contribution in [1.82, 2.24) is 5.32 Å². The molecule has 1 aliphatic rings. The summed E-state index contributed by atoms with van der Waals surface area (Å²) in [7, 11) is 1.41. The van der Waals surface area contributed by atoms with E-state index in [1.165, 1.54) is 26.4 Å². The molecule has 0 radical (unpaired) electrons. The highest BCUT2D eigenvalue weighted by atomic mass is 16.5. The van der Waals surface area contributed by atoms with E-state index in [4.69, 9.17) is 0 Å². The normalized spacial score (nSPS) is 19.8. The fourth-order valence-corrected chi connectivity index (χ4v) is 1.42. The predicted molar refractivity (Wildman–Crippen MR) is 46.8 cm³/mol. The number of ether oxygens (including phenoxy) is 1. The summed E-state index contributed by atoms with van der Waals surface area (Å²) in [6.07, 6.45) is 3.94. The third-order valence-electron chi connectivity index (χ3n) is 2.65. The lowest BCUT2D eigenvalue weighted by atomic mass is 9.80. The molecule has 1 N–H and O–H groups in total. The topological polar surface area (TPSA) is 38.3 Å². The number of rotatable bonds is 4. The van der Waals surface area contributed by atoms with E-state index in [2.05, 4.69) is 17.0 Å². The van der Waals surface area contributed by atoms with E-state index in [0.717, 1.165) is 5.92 Å². The van der Waals surface area contributed by atoms with E-state index < -0.39 is 0 Å². The van der Waals surface area contributed by atoms with Crippen molar-refractivity contribution in [2.24, 2.45) is 5.92 Å². The van der Waals surface area contributed by atoms with Gasteiger partial charge in [0.15, 0.2) is 0 Å². The van der Waals surface area contributed by atoms with Crippen molar-refractivity contribution in [1.29, 1.82) is 0 Å². The molecule has 0 aromatic rings. The Hall–Kier alpha value is -0.570. The Kier molecular flexibility index (Phi) is 3.53. The average Bonchev–Trinajstić information content (AvgIpc) is 1.97. The van der Waals surface area contributed by atoms with Crippen molar-refractivity contribution in [3.05, 3.63) is 0 Å². The van der Waals surface area contributed by atoms with E-state index in [9.17, 15) is 4.79 Å².